The molecule has 0 amide bonds. The maximum absolute atomic E-state index is 13.0. The summed E-state index contributed by atoms with van der Waals surface area (Å²) in [5, 5.41) is 3.98. The van der Waals surface area contributed by atoms with Crippen LogP contribution in [0.4, 0.5) is 0 Å². The van der Waals surface area contributed by atoms with E-state index >= 15 is 0 Å². The number of carbonyl (C=O) groups excluding carboxylic acids is 1. The third-order valence-corrected chi connectivity index (χ3v) is 8.31. The van der Waals surface area contributed by atoms with E-state index in [4.69, 9.17) is 4.18 Å². The fourth-order valence-corrected chi connectivity index (χ4v) is 6.73. The number of rotatable bonds is 6. The van der Waals surface area contributed by atoms with Crippen LogP contribution in [0.15, 0.2) is 129 Å². The van der Waals surface area contributed by atoms with Crippen LogP contribution in [0.25, 0.3) is 6.08 Å². The fraction of sp³-hybridized carbons (Fsp3) is 0. The van der Waals surface area contributed by atoms with Crippen molar-refractivity contribution < 1.29 is 8.98 Å². The minimum atomic E-state index is -2.22. The second kappa shape index (κ2) is 8.95. The smallest absolute Gasteiger partial charge is 0.342 e. The number of thiophene rings is 1. The summed E-state index contributed by atoms with van der Waals surface area (Å²) in [4.78, 5) is 15.9. The van der Waals surface area contributed by atoms with E-state index in [0.29, 0.717) is 0 Å². The summed E-state index contributed by atoms with van der Waals surface area (Å²) in [5.41, 5.74) is 0.992. The summed E-state index contributed by atoms with van der Waals surface area (Å²) in [6.07, 6.45) is 3.31. The Morgan fingerprint density at radius 3 is 1.62 bits per heavy atom. The highest BCUT2D eigenvalue weighted by atomic mass is 32.3. The van der Waals surface area contributed by atoms with Crippen LogP contribution in [0.5, 0.6) is 0 Å². The molecule has 0 aliphatic heterocycles. The fourth-order valence-electron chi connectivity index (χ4n) is 3.07. The first-order valence-corrected chi connectivity index (χ1v) is 11.7. The Morgan fingerprint density at radius 2 is 1.21 bits per heavy atom. The van der Waals surface area contributed by atoms with Gasteiger partial charge in [-0.3, -0.25) is 0 Å². The Kier molecular flexibility index (Phi) is 5.94. The van der Waals surface area contributed by atoms with E-state index in [0.717, 1.165) is 20.2 Å². The summed E-state index contributed by atoms with van der Waals surface area (Å²) in [5.74, 6) is -0.359. The first kappa shape index (κ1) is 19.2. The van der Waals surface area contributed by atoms with Crippen molar-refractivity contribution in [2.24, 2.45) is 0 Å². The lowest BCUT2D eigenvalue weighted by Gasteiger charge is -2.39. The SMILES string of the molecule is O=C(/C=C/c1ccsc1)OS(c1ccccc1)(c1ccccc1)c1ccccc1. The standard InChI is InChI=1S/C25H20O2S2/c26-25(17-16-21-18-19-28-20-21)27-29(22-10-4-1-5-11-22,23-12-6-2-7-13-23)24-14-8-3-9-15-24/h1-20H/b17-16+. The zero-order chi connectivity index (χ0) is 19.9. The predicted molar refractivity (Wildman–Crippen MR) is 121 cm³/mol. The van der Waals surface area contributed by atoms with E-state index in [9.17, 15) is 4.79 Å². The highest BCUT2D eigenvalue weighted by molar-refractivity contribution is 8.30. The summed E-state index contributed by atoms with van der Waals surface area (Å²) in [6.45, 7) is 0. The van der Waals surface area contributed by atoms with Gasteiger partial charge in [-0.1, -0.05) is 54.6 Å². The zero-order valence-electron chi connectivity index (χ0n) is 15.7. The summed E-state index contributed by atoms with van der Waals surface area (Å²) < 4.78 is 6.36. The monoisotopic (exact) mass is 416 g/mol. The molecule has 0 saturated heterocycles. The molecule has 29 heavy (non-hydrogen) atoms. The third kappa shape index (κ3) is 4.19. The Labute approximate surface area is 176 Å². The van der Waals surface area contributed by atoms with Gasteiger partial charge < -0.3 is 4.18 Å². The van der Waals surface area contributed by atoms with Crippen molar-refractivity contribution in [3.05, 3.63) is 119 Å². The van der Waals surface area contributed by atoms with E-state index < -0.39 is 10.3 Å². The normalized spacial score (nSPS) is 12.0. The molecule has 0 aliphatic carbocycles. The van der Waals surface area contributed by atoms with Gasteiger partial charge in [0.1, 0.15) is 0 Å². The lowest BCUT2D eigenvalue weighted by molar-refractivity contribution is -0.128. The highest BCUT2D eigenvalue weighted by Gasteiger charge is 2.34. The van der Waals surface area contributed by atoms with Gasteiger partial charge in [0.05, 0.1) is 0 Å². The maximum Gasteiger partial charge on any atom is 0.342 e. The Morgan fingerprint density at radius 1 is 0.724 bits per heavy atom. The average Bonchev–Trinajstić information content (AvgIpc) is 3.32. The minimum absolute atomic E-state index is 0.359. The highest BCUT2D eigenvalue weighted by Crippen LogP contribution is 2.69. The van der Waals surface area contributed by atoms with Crippen LogP contribution < -0.4 is 0 Å². The van der Waals surface area contributed by atoms with Gasteiger partial charge >= 0.3 is 5.97 Å². The molecule has 4 aromatic rings. The predicted octanol–water partition coefficient (Wildman–Crippen LogP) is 7.20. The Balaban J connectivity index is 1.85. The van der Waals surface area contributed by atoms with Crippen LogP contribution in [0.1, 0.15) is 5.56 Å². The zero-order valence-corrected chi connectivity index (χ0v) is 17.3. The van der Waals surface area contributed by atoms with Gasteiger partial charge in [0.25, 0.3) is 0 Å². The first-order chi connectivity index (χ1) is 14.3. The number of hydrogen-bond acceptors (Lipinski definition) is 3. The van der Waals surface area contributed by atoms with Crippen LogP contribution >= 0.6 is 21.6 Å². The molecule has 0 bridgehead atoms. The molecule has 0 atom stereocenters. The van der Waals surface area contributed by atoms with Gasteiger partial charge in [0.2, 0.25) is 0 Å². The maximum atomic E-state index is 13.0. The molecule has 1 heterocycles. The van der Waals surface area contributed by atoms with Crippen LogP contribution in [-0.4, -0.2) is 5.97 Å². The molecule has 0 N–H and O–H groups in total. The van der Waals surface area contributed by atoms with Gasteiger partial charge in [0, 0.05) is 20.8 Å². The van der Waals surface area contributed by atoms with Gasteiger partial charge in [-0.2, -0.15) is 11.3 Å². The second-order valence-corrected chi connectivity index (χ2v) is 9.76. The number of benzene rings is 3. The van der Waals surface area contributed by atoms with Crippen molar-refractivity contribution in [3.63, 3.8) is 0 Å². The van der Waals surface area contributed by atoms with E-state index in [1.165, 1.54) is 6.08 Å². The number of carbonyl (C=O) groups is 1. The van der Waals surface area contributed by atoms with E-state index in [-0.39, 0.29) is 5.97 Å². The first-order valence-electron chi connectivity index (χ1n) is 9.21. The van der Waals surface area contributed by atoms with Crippen molar-refractivity contribution in [3.8, 4) is 0 Å². The molecule has 1 aromatic heterocycles. The quantitative estimate of drug-likeness (QED) is 0.311. The van der Waals surface area contributed by atoms with Gasteiger partial charge in [-0.25, -0.2) is 4.79 Å². The molecular formula is C25H20O2S2. The molecular weight excluding hydrogens is 396 g/mol. The molecule has 4 rings (SSSR count). The third-order valence-electron chi connectivity index (χ3n) is 4.39. The average molecular weight is 417 g/mol. The molecule has 144 valence electrons. The van der Waals surface area contributed by atoms with Crippen molar-refractivity contribution in [2.75, 3.05) is 0 Å². The van der Waals surface area contributed by atoms with E-state index in [1.807, 2.05) is 108 Å². The second-order valence-electron chi connectivity index (χ2n) is 6.29. The summed E-state index contributed by atoms with van der Waals surface area (Å²) in [6, 6.07) is 32.0. The van der Waals surface area contributed by atoms with Gasteiger partial charge in [-0.15, -0.1) is 0 Å². The van der Waals surface area contributed by atoms with Crippen LogP contribution in [0, 0.1) is 0 Å². The summed E-state index contributed by atoms with van der Waals surface area (Å²) >= 11 is 1.60. The van der Waals surface area contributed by atoms with E-state index in [1.54, 1.807) is 17.4 Å². The number of hydrogen-bond donors (Lipinski definition) is 0. The van der Waals surface area contributed by atoms with Crippen molar-refractivity contribution >= 4 is 33.7 Å². The molecule has 0 fully saturated rings. The molecule has 0 radical (unpaired) electrons. The van der Waals surface area contributed by atoms with Crippen LogP contribution in [0.2, 0.25) is 0 Å². The Hall–Kier alpha value is -3.08. The lowest BCUT2D eigenvalue weighted by atomic mass is 10.3. The Bertz CT molecular complexity index is 977. The summed E-state index contributed by atoms with van der Waals surface area (Å²) in [7, 11) is -2.22. The molecule has 0 aliphatic rings. The molecule has 0 spiro atoms. The van der Waals surface area contributed by atoms with Crippen molar-refractivity contribution in [2.45, 2.75) is 14.7 Å². The van der Waals surface area contributed by atoms with Crippen molar-refractivity contribution in [1.82, 2.24) is 0 Å². The molecule has 0 unspecified atom stereocenters. The van der Waals surface area contributed by atoms with E-state index in [2.05, 4.69) is 0 Å². The van der Waals surface area contributed by atoms with Crippen LogP contribution in [-0.2, 0) is 8.98 Å². The topological polar surface area (TPSA) is 26.3 Å². The van der Waals surface area contributed by atoms with Gasteiger partial charge in [-0.05, 0) is 75.2 Å². The lowest BCUT2D eigenvalue weighted by Crippen LogP contribution is -2.12. The molecule has 2 nitrogen and oxygen atoms in total. The van der Waals surface area contributed by atoms with Crippen LogP contribution in [0.3, 0.4) is 0 Å². The molecule has 4 heteroatoms. The van der Waals surface area contributed by atoms with Crippen molar-refractivity contribution in [1.29, 1.82) is 0 Å². The van der Waals surface area contributed by atoms with Gasteiger partial charge in [0.15, 0.2) is 0 Å². The molecule has 0 saturated carbocycles. The molecule has 3 aromatic carbocycles. The minimum Gasteiger partial charge on any atom is -0.399 e. The largest absolute Gasteiger partial charge is 0.399 e.